The number of hydrogen-bond donors (Lipinski definition) is 2. The molecule has 0 aliphatic heterocycles. The Balaban J connectivity index is 1.93. The molecule has 0 unspecified atom stereocenters. The van der Waals surface area contributed by atoms with Crippen molar-refractivity contribution >= 4 is 40.1 Å². The number of nitrogen functional groups attached to an aromatic ring is 1. The number of nitrogens with zero attached hydrogens (tertiary/aromatic N) is 4. The SMILES string of the molecule is CC[C@@H](C)NC(=O)c1c(N)n(/N=C\c2ccco2)c2nc3ccccc3nc12. The van der Waals surface area contributed by atoms with E-state index >= 15 is 0 Å². The van der Waals surface area contributed by atoms with Gasteiger partial charge in [0, 0.05) is 6.04 Å². The summed E-state index contributed by atoms with van der Waals surface area (Å²) < 4.78 is 6.70. The number of nitrogens with one attached hydrogen (secondary N) is 1. The van der Waals surface area contributed by atoms with Gasteiger partial charge in [-0.05, 0) is 37.6 Å². The van der Waals surface area contributed by atoms with Gasteiger partial charge in [0.15, 0.2) is 5.65 Å². The zero-order valence-electron chi connectivity index (χ0n) is 15.6. The van der Waals surface area contributed by atoms with Gasteiger partial charge in [-0.3, -0.25) is 4.79 Å². The van der Waals surface area contributed by atoms with Crippen LogP contribution in [-0.4, -0.2) is 32.8 Å². The first-order valence-electron chi connectivity index (χ1n) is 9.04. The molecule has 0 fully saturated rings. The summed E-state index contributed by atoms with van der Waals surface area (Å²) in [7, 11) is 0. The summed E-state index contributed by atoms with van der Waals surface area (Å²) in [6, 6.07) is 11.0. The Morgan fingerprint density at radius 2 is 2.04 bits per heavy atom. The topological polar surface area (TPSA) is 111 Å². The minimum absolute atomic E-state index is 0.00494. The summed E-state index contributed by atoms with van der Waals surface area (Å²) in [4.78, 5) is 22.2. The van der Waals surface area contributed by atoms with Crippen molar-refractivity contribution in [2.75, 3.05) is 5.73 Å². The van der Waals surface area contributed by atoms with E-state index in [1.165, 1.54) is 10.9 Å². The molecule has 0 saturated heterocycles. The predicted molar refractivity (Wildman–Crippen MR) is 108 cm³/mol. The van der Waals surface area contributed by atoms with Crippen LogP contribution in [0.2, 0.25) is 0 Å². The summed E-state index contributed by atoms with van der Waals surface area (Å²) in [6.45, 7) is 3.93. The van der Waals surface area contributed by atoms with Crippen LogP contribution in [0.5, 0.6) is 0 Å². The molecule has 142 valence electrons. The maximum atomic E-state index is 12.9. The van der Waals surface area contributed by atoms with Crippen molar-refractivity contribution in [2.24, 2.45) is 5.10 Å². The smallest absolute Gasteiger partial charge is 0.257 e. The van der Waals surface area contributed by atoms with E-state index in [1.807, 2.05) is 38.1 Å². The van der Waals surface area contributed by atoms with Crippen LogP contribution in [0.1, 0.15) is 36.4 Å². The maximum absolute atomic E-state index is 12.9. The van der Waals surface area contributed by atoms with Crippen molar-refractivity contribution in [1.29, 1.82) is 0 Å². The molecule has 28 heavy (non-hydrogen) atoms. The molecule has 8 nitrogen and oxygen atoms in total. The third-order valence-corrected chi connectivity index (χ3v) is 4.53. The minimum atomic E-state index is -0.298. The van der Waals surface area contributed by atoms with Gasteiger partial charge in [-0.25, -0.2) is 9.97 Å². The number of benzene rings is 1. The second-order valence-electron chi connectivity index (χ2n) is 6.50. The summed E-state index contributed by atoms with van der Waals surface area (Å²) in [6.07, 6.45) is 3.87. The van der Waals surface area contributed by atoms with Crippen molar-refractivity contribution in [2.45, 2.75) is 26.3 Å². The Kier molecular flexibility index (Phi) is 4.52. The summed E-state index contributed by atoms with van der Waals surface area (Å²) in [5.74, 6) is 0.433. The van der Waals surface area contributed by atoms with Crippen LogP contribution < -0.4 is 11.1 Å². The first kappa shape index (κ1) is 17.7. The average molecular weight is 376 g/mol. The lowest BCUT2D eigenvalue weighted by molar-refractivity contribution is 0.0941. The molecule has 0 aliphatic carbocycles. The van der Waals surface area contributed by atoms with E-state index in [0.29, 0.717) is 28.0 Å². The van der Waals surface area contributed by atoms with Crippen LogP contribution in [0.3, 0.4) is 0 Å². The van der Waals surface area contributed by atoms with Gasteiger partial charge in [0.1, 0.15) is 22.7 Å². The van der Waals surface area contributed by atoms with Crippen molar-refractivity contribution in [3.63, 3.8) is 0 Å². The molecule has 3 heterocycles. The standard InChI is InChI=1S/C20H20N6O2/c1-3-12(2)23-20(27)16-17-19(25-15-9-5-4-8-14(15)24-17)26(18(16)21)22-11-13-7-6-10-28-13/h4-12H,3,21H2,1-2H3,(H,23,27)/b22-11-/t12-/m1/s1. The second-order valence-corrected chi connectivity index (χ2v) is 6.50. The van der Waals surface area contributed by atoms with Gasteiger partial charge in [-0.15, -0.1) is 0 Å². The predicted octanol–water partition coefficient (Wildman–Crippen LogP) is 3.17. The molecule has 4 rings (SSSR count). The number of hydrogen-bond acceptors (Lipinski definition) is 6. The van der Waals surface area contributed by atoms with Crippen LogP contribution in [0.4, 0.5) is 5.82 Å². The molecule has 0 saturated carbocycles. The van der Waals surface area contributed by atoms with Crippen molar-refractivity contribution in [3.05, 3.63) is 54.0 Å². The number of rotatable bonds is 5. The molecule has 4 aromatic rings. The van der Waals surface area contributed by atoms with E-state index < -0.39 is 0 Å². The van der Waals surface area contributed by atoms with E-state index in [0.717, 1.165) is 6.42 Å². The van der Waals surface area contributed by atoms with E-state index in [9.17, 15) is 4.79 Å². The Bertz CT molecular complexity index is 1180. The van der Waals surface area contributed by atoms with Crippen LogP contribution in [-0.2, 0) is 0 Å². The number of carbonyl (C=O) groups excluding carboxylic acids is 1. The Morgan fingerprint density at radius 3 is 2.71 bits per heavy atom. The lowest BCUT2D eigenvalue weighted by Gasteiger charge is -2.11. The fourth-order valence-corrected chi connectivity index (χ4v) is 2.87. The lowest BCUT2D eigenvalue weighted by Crippen LogP contribution is -2.32. The van der Waals surface area contributed by atoms with Crippen molar-refractivity contribution in [3.8, 4) is 0 Å². The highest BCUT2D eigenvalue weighted by Crippen LogP contribution is 2.28. The highest BCUT2D eigenvalue weighted by molar-refractivity contribution is 6.10. The van der Waals surface area contributed by atoms with Gasteiger partial charge in [0.25, 0.3) is 5.91 Å². The van der Waals surface area contributed by atoms with Gasteiger partial charge in [-0.2, -0.15) is 9.78 Å². The highest BCUT2D eigenvalue weighted by atomic mass is 16.3. The molecule has 0 spiro atoms. The monoisotopic (exact) mass is 376 g/mol. The zero-order chi connectivity index (χ0) is 19.7. The third kappa shape index (κ3) is 3.09. The molecule has 3 N–H and O–H groups in total. The summed E-state index contributed by atoms with van der Waals surface area (Å²) >= 11 is 0. The molecule has 1 amide bonds. The van der Waals surface area contributed by atoms with Gasteiger partial charge < -0.3 is 15.5 Å². The van der Waals surface area contributed by atoms with E-state index in [4.69, 9.17) is 10.2 Å². The van der Waals surface area contributed by atoms with Crippen molar-refractivity contribution in [1.82, 2.24) is 20.0 Å². The first-order valence-corrected chi connectivity index (χ1v) is 9.04. The number of fused-ring (bicyclic) bond motifs is 2. The second kappa shape index (κ2) is 7.15. The number of furan rings is 1. The number of anilines is 1. The van der Waals surface area contributed by atoms with E-state index in [2.05, 4.69) is 20.4 Å². The quantitative estimate of drug-likeness (QED) is 0.520. The van der Waals surface area contributed by atoms with Gasteiger partial charge in [0.05, 0.1) is 23.5 Å². The molecule has 1 atom stereocenters. The third-order valence-electron chi connectivity index (χ3n) is 4.53. The van der Waals surface area contributed by atoms with E-state index in [1.54, 1.807) is 18.4 Å². The molecular formula is C20H20N6O2. The number of para-hydroxylation sites is 2. The number of aromatic nitrogens is 3. The summed E-state index contributed by atoms with van der Waals surface area (Å²) in [5, 5.41) is 7.32. The van der Waals surface area contributed by atoms with Gasteiger partial charge >= 0.3 is 0 Å². The summed E-state index contributed by atoms with van der Waals surface area (Å²) in [5.41, 5.74) is 8.77. The number of amides is 1. The maximum Gasteiger partial charge on any atom is 0.257 e. The van der Waals surface area contributed by atoms with Gasteiger partial charge in [-0.1, -0.05) is 19.1 Å². The van der Waals surface area contributed by atoms with Crippen LogP contribution in [0, 0.1) is 0 Å². The van der Waals surface area contributed by atoms with Gasteiger partial charge in [0.2, 0.25) is 0 Å². The largest absolute Gasteiger partial charge is 0.463 e. The highest BCUT2D eigenvalue weighted by Gasteiger charge is 2.24. The Hall–Kier alpha value is -3.68. The molecule has 1 aromatic carbocycles. The van der Waals surface area contributed by atoms with Crippen LogP contribution in [0.15, 0.2) is 52.2 Å². The fourth-order valence-electron chi connectivity index (χ4n) is 2.87. The first-order chi connectivity index (χ1) is 13.6. The molecule has 0 radical (unpaired) electrons. The average Bonchev–Trinajstić information content (AvgIpc) is 3.30. The Morgan fingerprint density at radius 1 is 1.29 bits per heavy atom. The van der Waals surface area contributed by atoms with E-state index in [-0.39, 0.29) is 23.3 Å². The molecule has 8 heteroatoms. The van der Waals surface area contributed by atoms with Crippen LogP contribution in [0.25, 0.3) is 22.2 Å². The van der Waals surface area contributed by atoms with Crippen molar-refractivity contribution < 1.29 is 9.21 Å². The zero-order valence-corrected chi connectivity index (χ0v) is 15.6. The molecule has 3 aromatic heterocycles. The minimum Gasteiger partial charge on any atom is -0.463 e. The van der Waals surface area contributed by atoms with Crippen LogP contribution >= 0.6 is 0 Å². The molecule has 0 bridgehead atoms. The number of nitrogens with two attached hydrogens (primary N) is 1. The molecular weight excluding hydrogens is 356 g/mol. The fraction of sp³-hybridized carbons (Fsp3) is 0.200. The lowest BCUT2D eigenvalue weighted by atomic mass is 10.2. The molecule has 0 aliphatic rings. The Labute approximate surface area is 161 Å². The normalized spacial score (nSPS) is 12.8. The number of carbonyl (C=O) groups is 1.